The molecule has 0 aliphatic carbocycles. The van der Waals surface area contributed by atoms with Crippen molar-refractivity contribution >= 4 is 8.03 Å². The smallest absolute Gasteiger partial charge is 0.189 e. The topological polar surface area (TPSA) is 87.1 Å². The molecule has 0 saturated carbocycles. The maximum Gasteiger partial charge on any atom is 0.189 e. The van der Waals surface area contributed by atoms with Crippen LogP contribution in [-0.4, -0.2) is 17.1 Å². The van der Waals surface area contributed by atoms with Gasteiger partial charge in [0, 0.05) is 6.16 Å². The molecule has 4 nitrogen and oxygen atoms in total. The fourth-order valence-electron chi connectivity index (χ4n) is 0.538. The zero-order valence-electron chi connectivity index (χ0n) is 5.58. The largest absolute Gasteiger partial charge is 0.346 e. The van der Waals surface area contributed by atoms with Gasteiger partial charge in [-0.15, -0.1) is 0 Å². The van der Waals surface area contributed by atoms with Crippen LogP contribution >= 0.6 is 8.03 Å². The average molecular weight is 162 g/mol. The minimum absolute atomic E-state index is 0.278. The molecule has 5 heteroatoms. The van der Waals surface area contributed by atoms with E-state index in [1.165, 1.54) is 0 Å². The molecule has 0 aromatic carbocycles. The first-order chi connectivity index (χ1) is 4.66. The molecule has 2 unspecified atom stereocenters. The summed E-state index contributed by atoms with van der Waals surface area (Å²) < 4.78 is 10.1. The Hall–Kier alpha value is -0.360. The first-order valence-electron chi connectivity index (χ1n) is 3.04. The third-order valence-electron chi connectivity index (χ3n) is 1.07. The molecule has 0 aliphatic heterocycles. The lowest BCUT2D eigenvalue weighted by Gasteiger charge is -1.98. The van der Waals surface area contributed by atoms with Gasteiger partial charge in [0.2, 0.25) is 0 Å². The standard InChI is InChI=1S/C5H11N2O2P/c6-4-5(7)2-1-3-10(8)9/h5,10H,1-3,7H2,(H,8,9). The molecular formula is C5H11N2O2P. The van der Waals surface area contributed by atoms with Gasteiger partial charge in [0.15, 0.2) is 8.03 Å². The molecule has 58 valence electrons. The van der Waals surface area contributed by atoms with Gasteiger partial charge in [-0.05, 0) is 12.8 Å². The summed E-state index contributed by atoms with van der Waals surface area (Å²) in [5.74, 6) is 0. The maximum atomic E-state index is 10.1. The van der Waals surface area contributed by atoms with E-state index >= 15 is 0 Å². The number of hydrogen-bond acceptors (Lipinski definition) is 3. The molecule has 0 aliphatic rings. The third-order valence-corrected chi connectivity index (χ3v) is 1.85. The van der Waals surface area contributed by atoms with Gasteiger partial charge in [-0.2, -0.15) is 5.26 Å². The first-order valence-corrected chi connectivity index (χ1v) is 4.60. The van der Waals surface area contributed by atoms with Crippen molar-refractivity contribution in [3.63, 3.8) is 0 Å². The van der Waals surface area contributed by atoms with Crippen molar-refractivity contribution in [1.29, 1.82) is 5.26 Å². The molecule has 0 saturated heterocycles. The SMILES string of the molecule is N#CC(N)CCC[PH](=O)O. The second-order valence-corrected chi connectivity index (χ2v) is 3.31. The molecule has 0 heterocycles. The number of hydrogen-bond donors (Lipinski definition) is 2. The molecule has 0 spiro atoms. The molecule has 0 bridgehead atoms. The zero-order valence-corrected chi connectivity index (χ0v) is 6.58. The summed E-state index contributed by atoms with van der Waals surface area (Å²) in [6.07, 6.45) is 1.34. The molecule has 10 heavy (non-hydrogen) atoms. The van der Waals surface area contributed by atoms with Crippen LogP contribution in [0.1, 0.15) is 12.8 Å². The van der Waals surface area contributed by atoms with Crippen molar-refractivity contribution in [3.05, 3.63) is 0 Å². The lowest BCUT2D eigenvalue weighted by atomic mass is 10.2. The second kappa shape index (κ2) is 5.43. The lowest BCUT2D eigenvalue weighted by molar-refractivity contribution is 0.499. The maximum absolute atomic E-state index is 10.1. The molecule has 0 amide bonds. The van der Waals surface area contributed by atoms with Gasteiger partial charge in [0.25, 0.3) is 0 Å². The molecule has 0 rings (SSSR count). The predicted octanol–water partition coefficient (Wildman–Crippen LogP) is 0.0845. The van der Waals surface area contributed by atoms with E-state index in [4.69, 9.17) is 15.9 Å². The molecule has 0 aromatic rings. The fraction of sp³-hybridized carbons (Fsp3) is 0.800. The summed E-state index contributed by atoms with van der Waals surface area (Å²) in [6, 6.07) is 1.36. The van der Waals surface area contributed by atoms with E-state index in [0.29, 0.717) is 12.8 Å². The van der Waals surface area contributed by atoms with E-state index in [0.717, 1.165) is 0 Å². The minimum atomic E-state index is -2.35. The van der Waals surface area contributed by atoms with Crippen molar-refractivity contribution in [3.8, 4) is 6.07 Å². The Bertz CT molecular complexity index is 154. The second-order valence-electron chi connectivity index (χ2n) is 2.02. The predicted molar refractivity (Wildman–Crippen MR) is 38.9 cm³/mol. The summed E-state index contributed by atoms with van der Waals surface area (Å²) in [5.41, 5.74) is 5.23. The van der Waals surface area contributed by atoms with E-state index in [9.17, 15) is 4.57 Å². The van der Waals surface area contributed by atoms with Crippen LogP contribution in [0.3, 0.4) is 0 Å². The summed E-state index contributed by atoms with van der Waals surface area (Å²) in [7, 11) is -2.35. The van der Waals surface area contributed by atoms with Crippen molar-refractivity contribution in [2.24, 2.45) is 5.73 Å². The molecule has 2 atom stereocenters. The zero-order chi connectivity index (χ0) is 7.98. The molecule has 0 radical (unpaired) electrons. The first kappa shape index (κ1) is 9.64. The Kier molecular flexibility index (Phi) is 5.23. The van der Waals surface area contributed by atoms with Crippen LogP contribution < -0.4 is 5.73 Å². The van der Waals surface area contributed by atoms with Gasteiger partial charge >= 0.3 is 0 Å². The summed E-state index contributed by atoms with van der Waals surface area (Å²) >= 11 is 0. The number of rotatable bonds is 4. The Labute approximate surface area is 60.5 Å². The Morgan fingerprint density at radius 1 is 1.80 bits per heavy atom. The summed E-state index contributed by atoms with van der Waals surface area (Å²) in [4.78, 5) is 8.36. The summed E-state index contributed by atoms with van der Waals surface area (Å²) in [5, 5.41) is 8.19. The van der Waals surface area contributed by atoms with E-state index in [1.54, 1.807) is 0 Å². The molecular weight excluding hydrogens is 151 g/mol. The highest BCUT2D eigenvalue weighted by molar-refractivity contribution is 7.37. The van der Waals surface area contributed by atoms with Crippen molar-refractivity contribution in [1.82, 2.24) is 0 Å². The number of nitriles is 1. The fourth-order valence-corrected chi connectivity index (χ4v) is 1.04. The van der Waals surface area contributed by atoms with Gasteiger partial charge in [-0.3, -0.25) is 4.57 Å². The van der Waals surface area contributed by atoms with Gasteiger partial charge in [-0.1, -0.05) is 0 Å². The Morgan fingerprint density at radius 2 is 2.40 bits per heavy atom. The molecule has 0 fully saturated rings. The minimum Gasteiger partial charge on any atom is -0.346 e. The van der Waals surface area contributed by atoms with Crippen LogP contribution in [-0.2, 0) is 4.57 Å². The van der Waals surface area contributed by atoms with E-state index < -0.39 is 14.1 Å². The van der Waals surface area contributed by atoms with E-state index in [-0.39, 0.29) is 6.16 Å². The van der Waals surface area contributed by atoms with Crippen LogP contribution in [0.2, 0.25) is 0 Å². The number of nitrogens with two attached hydrogens (primary N) is 1. The van der Waals surface area contributed by atoms with Crippen LogP contribution in [0.4, 0.5) is 0 Å². The van der Waals surface area contributed by atoms with Crippen LogP contribution in [0.5, 0.6) is 0 Å². The molecule has 0 aromatic heterocycles. The normalized spacial score (nSPS) is 15.7. The van der Waals surface area contributed by atoms with Crippen molar-refractivity contribution < 1.29 is 9.46 Å². The summed E-state index contributed by atoms with van der Waals surface area (Å²) in [6.45, 7) is 0. The monoisotopic (exact) mass is 162 g/mol. The van der Waals surface area contributed by atoms with Crippen LogP contribution in [0.25, 0.3) is 0 Å². The van der Waals surface area contributed by atoms with E-state index in [1.807, 2.05) is 6.07 Å². The van der Waals surface area contributed by atoms with Crippen molar-refractivity contribution in [2.75, 3.05) is 6.16 Å². The Balaban J connectivity index is 3.22. The van der Waals surface area contributed by atoms with Crippen molar-refractivity contribution in [2.45, 2.75) is 18.9 Å². The van der Waals surface area contributed by atoms with Gasteiger partial charge in [0.05, 0.1) is 12.1 Å². The highest BCUT2D eigenvalue weighted by atomic mass is 31.1. The van der Waals surface area contributed by atoms with E-state index in [2.05, 4.69) is 0 Å². The van der Waals surface area contributed by atoms with Crippen LogP contribution in [0, 0.1) is 11.3 Å². The van der Waals surface area contributed by atoms with Gasteiger partial charge < -0.3 is 10.6 Å². The van der Waals surface area contributed by atoms with Crippen LogP contribution in [0.15, 0.2) is 0 Å². The average Bonchev–Trinajstić information content (AvgIpc) is 1.87. The Morgan fingerprint density at radius 3 is 2.80 bits per heavy atom. The lowest BCUT2D eigenvalue weighted by Crippen LogP contribution is -2.16. The van der Waals surface area contributed by atoms with Gasteiger partial charge in [0.1, 0.15) is 0 Å². The van der Waals surface area contributed by atoms with Gasteiger partial charge in [-0.25, -0.2) is 0 Å². The quantitative estimate of drug-likeness (QED) is 0.573. The molecule has 3 N–H and O–H groups in total. The highest BCUT2D eigenvalue weighted by Gasteiger charge is 1.99. The highest BCUT2D eigenvalue weighted by Crippen LogP contribution is 2.14. The number of nitrogens with zero attached hydrogens (tertiary/aromatic N) is 1. The third kappa shape index (κ3) is 5.77.